The van der Waals surface area contributed by atoms with E-state index in [9.17, 15) is 4.39 Å². The van der Waals surface area contributed by atoms with Gasteiger partial charge in [0.25, 0.3) is 0 Å². The van der Waals surface area contributed by atoms with Crippen LogP contribution in [0, 0.1) is 17.7 Å². The van der Waals surface area contributed by atoms with Gasteiger partial charge in [-0.25, -0.2) is 4.39 Å². The number of halogens is 3. The van der Waals surface area contributed by atoms with Gasteiger partial charge < -0.3 is 9.84 Å². The van der Waals surface area contributed by atoms with Gasteiger partial charge >= 0.3 is 0 Å². The third-order valence-electron chi connectivity index (χ3n) is 2.64. The van der Waals surface area contributed by atoms with Gasteiger partial charge in [-0.05, 0) is 29.8 Å². The lowest BCUT2D eigenvalue weighted by molar-refractivity contribution is 0.306. The molecule has 108 valence electrons. The summed E-state index contributed by atoms with van der Waals surface area (Å²) in [6.07, 6.45) is 0. The Morgan fingerprint density at radius 2 is 2.00 bits per heavy atom. The van der Waals surface area contributed by atoms with Crippen LogP contribution in [0.2, 0.25) is 10.0 Å². The van der Waals surface area contributed by atoms with Crippen molar-refractivity contribution in [2.24, 2.45) is 0 Å². The Balaban J connectivity index is 2.15. The zero-order chi connectivity index (χ0) is 15.2. The summed E-state index contributed by atoms with van der Waals surface area (Å²) in [5.74, 6) is 4.96. The van der Waals surface area contributed by atoms with Crippen LogP contribution in [0.15, 0.2) is 36.4 Å². The molecule has 0 aliphatic rings. The van der Waals surface area contributed by atoms with Crippen molar-refractivity contribution in [2.75, 3.05) is 6.61 Å². The maximum absolute atomic E-state index is 13.5. The molecule has 0 aliphatic heterocycles. The molecule has 0 spiro atoms. The van der Waals surface area contributed by atoms with Gasteiger partial charge in [-0.15, -0.1) is 0 Å². The van der Waals surface area contributed by atoms with E-state index in [-0.39, 0.29) is 18.8 Å². The lowest BCUT2D eigenvalue weighted by Crippen LogP contribution is -1.98. The van der Waals surface area contributed by atoms with Crippen LogP contribution >= 0.6 is 23.2 Å². The van der Waals surface area contributed by atoms with E-state index in [1.165, 1.54) is 6.07 Å². The second kappa shape index (κ2) is 7.33. The Hall–Kier alpha value is -1.73. The van der Waals surface area contributed by atoms with Gasteiger partial charge in [0.2, 0.25) is 0 Å². The van der Waals surface area contributed by atoms with Crippen LogP contribution in [0.5, 0.6) is 5.75 Å². The number of hydrogen-bond acceptors (Lipinski definition) is 2. The highest BCUT2D eigenvalue weighted by atomic mass is 35.5. The normalized spacial score (nSPS) is 9.90. The summed E-state index contributed by atoms with van der Waals surface area (Å²) in [5, 5.41) is 9.39. The largest absolute Gasteiger partial charge is 0.487 e. The molecular formula is C16H11Cl2FO2. The molecule has 5 heteroatoms. The second-order valence-corrected chi connectivity index (χ2v) is 4.90. The molecule has 0 atom stereocenters. The summed E-state index contributed by atoms with van der Waals surface area (Å²) in [6, 6.07) is 9.56. The van der Waals surface area contributed by atoms with Crippen LogP contribution in [0.1, 0.15) is 11.1 Å². The maximum atomic E-state index is 13.5. The SMILES string of the molecule is OCC#Cc1cc(COc2cccc(Cl)c2Cl)ccc1F. The average Bonchev–Trinajstić information content (AvgIpc) is 2.49. The minimum Gasteiger partial charge on any atom is -0.487 e. The molecule has 0 saturated heterocycles. The van der Waals surface area contributed by atoms with Gasteiger partial charge in [0.15, 0.2) is 0 Å². The monoisotopic (exact) mass is 324 g/mol. The summed E-state index contributed by atoms with van der Waals surface area (Å²) in [5.41, 5.74) is 0.942. The molecule has 0 aromatic heterocycles. The number of aliphatic hydroxyl groups excluding tert-OH is 1. The summed E-state index contributed by atoms with van der Waals surface area (Å²) in [4.78, 5) is 0. The molecule has 1 N–H and O–H groups in total. The van der Waals surface area contributed by atoms with E-state index in [2.05, 4.69) is 11.8 Å². The highest BCUT2D eigenvalue weighted by molar-refractivity contribution is 6.42. The summed E-state index contributed by atoms with van der Waals surface area (Å²) >= 11 is 11.9. The molecule has 2 rings (SSSR count). The highest BCUT2D eigenvalue weighted by Gasteiger charge is 2.07. The van der Waals surface area contributed by atoms with E-state index in [1.54, 1.807) is 30.3 Å². The van der Waals surface area contributed by atoms with E-state index in [0.717, 1.165) is 5.56 Å². The van der Waals surface area contributed by atoms with Crippen molar-refractivity contribution in [1.29, 1.82) is 0 Å². The van der Waals surface area contributed by atoms with Crippen molar-refractivity contribution in [3.63, 3.8) is 0 Å². The summed E-state index contributed by atoms with van der Waals surface area (Å²) in [7, 11) is 0. The smallest absolute Gasteiger partial charge is 0.139 e. The van der Waals surface area contributed by atoms with E-state index >= 15 is 0 Å². The maximum Gasteiger partial charge on any atom is 0.139 e. The van der Waals surface area contributed by atoms with Gasteiger partial charge in [0.1, 0.15) is 29.8 Å². The first-order valence-electron chi connectivity index (χ1n) is 6.07. The van der Waals surface area contributed by atoms with Crippen molar-refractivity contribution >= 4 is 23.2 Å². The Morgan fingerprint density at radius 3 is 2.76 bits per heavy atom. The van der Waals surface area contributed by atoms with E-state index in [4.69, 9.17) is 33.0 Å². The molecule has 0 heterocycles. The van der Waals surface area contributed by atoms with Crippen LogP contribution in [0.3, 0.4) is 0 Å². The van der Waals surface area contributed by atoms with Gasteiger partial charge in [-0.2, -0.15) is 0 Å². The minimum absolute atomic E-state index is 0.203. The first kappa shape index (κ1) is 15.7. The molecule has 2 nitrogen and oxygen atoms in total. The fourth-order valence-corrected chi connectivity index (χ4v) is 2.00. The lowest BCUT2D eigenvalue weighted by atomic mass is 10.1. The molecule has 0 bridgehead atoms. The van der Waals surface area contributed by atoms with Crippen LogP contribution in [0.4, 0.5) is 4.39 Å². The van der Waals surface area contributed by atoms with Gasteiger partial charge in [0, 0.05) is 0 Å². The Morgan fingerprint density at radius 1 is 1.19 bits per heavy atom. The minimum atomic E-state index is -0.444. The predicted molar refractivity (Wildman–Crippen MR) is 81.2 cm³/mol. The molecule has 0 fully saturated rings. The molecule has 21 heavy (non-hydrogen) atoms. The second-order valence-electron chi connectivity index (χ2n) is 4.11. The van der Waals surface area contributed by atoms with Crippen molar-refractivity contribution < 1.29 is 14.2 Å². The fourth-order valence-electron chi connectivity index (χ4n) is 1.65. The Kier molecular flexibility index (Phi) is 5.46. The average molecular weight is 325 g/mol. The lowest BCUT2D eigenvalue weighted by Gasteiger charge is -2.09. The molecule has 0 amide bonds. The van der Waals surface area contributed by atoms with Crippen molar-refractivity contribution in [3.8, 4) is 17.6 Å². The van der Waals surface area contributed by atoms with Crippen LogP contribution in [-0.4, -0.2) is 11.7 Å². The summed E-state index contributed by atoms with van der Waals surface area (Å²) < 4.78 is 19.1. The zero-order valence-corrected chi connectivity index (χ0v) is 12.4. The molecule has 2 aromatic carbocycles. The third kappa shape index (κ3) is 4.12. The van der Waals surface area contributed by atoms with Crippen LogP contribution < -0.4 is 4.74 Å². The molecule has 0 unspecified atom stereocenters. The van der Waals surface area contributed by atoms with Crippen molar-refractivity contribution in [1.82, 2.24) is 0 Å². The predicted octanol–water partition coefficient (Wildman–Crippen LogP) is 4.06. The highest BCUT2D eigenvalue weighted by Crippen LogP contribution is 2.31. The van der Waals surface area contributed by atoms with Gasteiger partial charge in [0.05, 0.1) is 10.6 Å². The molecule has 0 radical (unpaired) electrons. The molecule has 2 aromatic rings. The standard InChI is InChI=1S/C16H11Cl2FO2/c17-13-4-1-5-15(16(13)18)21-10-11-6-7-14(19)12(9-11)3-2-8-20/h1,4-7,9,20H,8,10H2. The number of benzene rings is 2. The Bertz CT molecular complexity index is 705. The van der Waals surface area contributed by atoms with E-state index < -0.39 is 5.82 Å². The van der Waals surface area contributed by atoms with Gasteiger partial charge in [-0.3, -0.25) is 0 Å². The number of aliphatic hydroxyl groups is 1. The first-order chi connectivity index (χ1) is 10.1. The van der Waals surface area contributed by atoms with Gasteiger partial charge in [-0.1, -0.05) is 47.2 Å². The zero-order valence-electron chi connectivity index (χ0n) is 10.9. The number of hydrogen-bond donors (Lipinski definition) is 1. The number of rotatable bonds is 3. The van der Waals surface area contributed by atoms with Crippen LogP contribution in [0.25, 0.3) is 0 Å². The third-order valence-corrected chi connectivity index (χ3v) is 3.44. The quantitative estimate of drug-likeness (QED) is 0.863. The van der Waals surface area contributed by atoms with Crippen molar-refractivity contribution in [2.45, 2.75) is 6.61 Å². The van der Waals surface area contributed by atoms with E-state index in [1.807, 2.05) is 0 Å². The number of ether oxygens (including phenoxy) is 1. The summed E-state index contributed by atoms with van der Waals surface area (Å²) in [6.45, 7) is -0.119. The Labute approximate surface area is 132 Å². The molecule has 0 saturated carbocycles. The van der Waals surface area contributed by atoms with E-state index in [0.29, 0.717) is 15.8 Å². The molecular weight excluding hydrogens is 314 g/mol. The topological polar surface area (TPSA) is 29.5 Å². The molecule has 0 aliphatic carbocycles. The van der Waals surface area contributed by atoms with Crippen LogP contribution in [-0.2, 0) is 6.61 Å². The fraction of sp³-hybridized carbons (Fsp3) is 0.125. The first-order valence-corrected chi connectivity index (χ1v) is 6.82. The van der Waals surface area contributed by atoms with Crippen molar-refractivity contribution in [3.05, 3.63) is 63.4 Å².